The summed E-state index contributed by atoms with van der Waals surface area (Å²) in [7, 11) is 1.66. The second-order valence-electron chi connectivity index (χ2n) is 5.88. The van der Waals surface area contributed by atoms with Gasteiger partial charge in [0.25, 0.3) is 0 Å². The van der Waals surface area contributed by atoms with Crippen LogP contribution in [0.5, 0.6) is 5.75 Å². The van der Waals surface area contributed by atoms with Gasteiger partial charge in [-0.15, -0.1) is 0 Å². The maximum absolute atomic E-state index is 12.5. The van der Waals surface area contributed by atoms with E-state index in [1.807, 2.05) is 26.0 Å². The average Bonchev–Trinajstić information content (AvgIpc) is 2.50. The third-order valence-corrected chi connectivity index (χ3v) is 4.47. The molecule has 0 spiro atoms. The third kappa shape index (κ3) is 3.56. The van der Waals surface area contributed by atoms with Gasteiger partial charge in [-0.3, -0.25) is 4.79 Å². The molecule has 1 aromatic rings. The highest BCUT2D eigenvalue weighted by molar-refractivity contribution is 5.96. The van der Waals surface area contributed by atoms with Gasteiger partial charge >= 0.3 is 0 Å². The molecule has 1 aliphatic heterocycles. The van der Waals surface area contributed by atoms with E-state index in [0.29, 0.717) is 5.92 Å². The molecule has 0 aliphatic carbocycles. The Balaban J connectivity index is 2.09. The number of nitrogens with one attached hydrogen (secondary N) is 2. The van der Waals surface area contributed by atoms with E-state index in [1.54, 1.807) is 7.11 Å². The standard InChI is InChI=1S/C17H26N2O2/c1-5-13-8-9-18-15(10-13)17(20)19-14-7-6-11(2)16(21-4)12(14)3/h6-7,13,15,18H,5,8-10H2,1-4H3,(H,19,20). The van der Waals surface area contributed by atoms with Gasteiger partial charge in [-0.25, -0.2) is 0 Å². The highest BCUT2D eigenvalue weighted by atomic mass is 16.5. The van der Waals surface area contributed by atoms with E-state index in [1.165, 1.54) is 0 Å². The van der Waals surface area contributed by atoms with Crippen molar-refractivity contribution in [1.29, 1.82) is 0 Å². The maximum atomic E-state index is 12.5. The van der Waals surface area contributed by atoms with Crippen molar-refractivity contribution >= 4 is 11.6 Å². The number of hydrogen-bond acceptors (Lipinski definition) is 3. The van der Waals surface area contributed by atoms with Crippen molar-refractivity contribution in [3.05, 3.63) is 23.3 Å². The Morgan fingerprint density at radius 1 is 1.43 bits per heavy atom. The predicted octanol–water partition coefficient (Wildman–Crippen LogP) is 3.03. The van der Waals surface area contributed by atoms with Crippen molar-refractivity contribution in [2.24, 2.45) is 5.92 Å². The van der Waals surface area contributed by atoms with Crippen LogP contribution in [0.2, 0.25) is 0 Å². The molecule has 2 atom stereocenters. The van der Waals surface area contributed by atoms with Crippen LogP contribution in [0.1, 0.15) is 37.3 Å². The number of piperidine rings is 1. The van der Waals surface area contributed by atoms with Crippen LogP contribution < -0.4 is 15.4 Å². The summed E-state index contributed by atoms with van der Waals surface area (Å²) in [6, 6.07) is 3.84. The van der Waals surface area contributed by atoms with E-state index in [4.69, 9.17) is 4.74 Å². The van der Waals surface area contributed by atoms with Crippen LogP contribution in [0.15, 0.2) is 12.1 Å². The first-order chi connectivity index (χ1) is 10.1. The molecule has 21 heavy (non-hydrogen) atoms. The lowest BCUT2D eigenvalue weighted by molar-refractivity contribution is -0.119. The summed E-state index contributed by atoms with van der Waals surface area (Å²) in [6.45, 7) is 7.10. The van der Waals surface area contributed by atoms with E-state index in [-0.39, 0.29) is 11.9 Å². The SMILES string of the molecule is CCC1CCNC(C(=O)Nc2ccc(C)c(OC)c2C)C1. The monoisotopic (exact) mass is 290 g/mol. The van der Waals surface area contributed by atoms with Gasteiger partial charge in [-0.1, -0.05) is 19.4 Å². The fourth-order valence-electron chi connectivity index (χ4n) is 3.06. The molecule has 4 heteroatoms. The fourth-order valence-corrected chi connectivity index (χ4v) is 3.06. The zero-order chi connectivity index (χ0) is 15.4. The number of ether oxygens (including phenoxy) is 1. The second-order valence-corrected chi connectivity index (χ2v) is 5.88. The van der Waals surface area contributed by atoms with Crippen molar-refractivity contribution in [2.75, 3.05) is 19.0 Å². The van der Waals surface area contributed by atoms with Gasteiger partial charge in [0.05, 0.1) is 13.2 Å². The maximum Gasteiger partial charge on any atom is 0.241 e. The van der Waals surface area contributed by atoms with Crippen LogP contribution in [0.25, 0.3) is 0 Å². The van der Waals surface area contributed by atoms with E-state index >= 15 is 0 Å². The molecule has 1 saturated heterocycles. The minimum atomic E-state index is -0.0876. The van der Waals surface area contributed by atoms with Gasteiger partial charge < -0.3 is 15.4 Å². The molecular formula is C17H26N2O2. The van der Waals surface area contributed by atoms with Crippen LogP contribution >= 0.6 is 0 Å². The second kappa shape index (κ2) is 6.94. The van der Waals surface area contributed by atoms with Crippen molar-refractivity contribution in [1.82, 2.24) is 5.32 Å². The number of rotatable bonds is 4. The summed E-state index contributed by atoms with van der Waals surface area (Å²) in [5.41, 5.74) is 2.89. The molecule has 1 aromatic carbocycles. The van der Waals surface area contributed by atoms with E-state index < -0.39 is 0 Å². The first-order valence-electron chi connectivity index (χ1n) is 7.75. The highest BCUT2D eigenvalue weighted by Crippen LogP contribution is 2.29. The fraction of sp³-hybridized carbons (Fsp3) is 0.588. The molecular weight excluding hydrogens is 264 g/mol. The Labute approximate surface area is 127 Å². The normalized spacial score (nSPS) is 21.9. The number of amides is 1. The summed E-state index contributed by atoms with van der Waals surface area (Å²) >= 11 is 0. The quantitative estimate of drug-likeness (QED) is 0.896. The van der Waals surface area contributed by atoms with E-state index in [2.05, 4.69) is 17.6 Å². The smallest absolute Gasteiger partial charge is 0.241 e. The van der Waals surface area contributed by atoms with E-state index in [0.717, 1.165) is 48.4 Å². The molecule has 1 amide bonds. The number of carbonyl (C=O) groups is 1. The first-order valence-corrected chi connectivity index (χ1v) is 7.75. The molecule has 116 valence electrons. The summed E-state index contributed by atoms with van der Waals surface area (Å²) in [5, 5.41) is 6.36. The van der Waals surface area contributed by atoms with Gasteiger partial charge in [0, 0.05) is 11.3 Å². The Bertz CT molecular complexity index is 514. The Morgan fingerprint density at radius 2 is 2.19 bits per heavy atom. The molecule has 1 heterocycles. The Morgan fingerprint density at radius 3 is 2.86 bits per heavy atom. The third-order valence-electron chi connectivity index (χ3n) is 4.47. The molecule has 2 rings (SSSR count). The molecule has 0 saturated carbocycles. The summed E-state index contributed by atoms with van der Waals surface area (Å²) in [6.07, 6.45) is 3.23. The predicted molar refractivity (Wildman–Crippen MR) is 85.9 cm³/mol. The summed E-state index contributed by atoms with van der Waals surface area (Å²) < 4.78 is 5.41. The van der Waals surface area contributed by atoms with Crippen LogP contribution in [0, 0.1) is 19.8 Å². The van der Waals surface area contributed by atoms with Crippen LogP contribution in [0.3, 0.4) is 0 Å². The minimum absolute atomic E-state index is 0.0576. The van der Waals surface area contributed by atoms with Crippen LogP contribution in [-0.2, 0) is 4.79 Å². The first kappa shape index (κ1) is 15.8. The molecule has 0 bridgehead atoms. The van der Waals surface area contributed by atoms with Crippen LogP contribution in [-0.4, -0.2) is 25.6 Å². The van der Waals surface area contributed by atoms with Crippen molar-refractivity contribution in [2.45, 2.75) is 46.1 Å². The molecule has 0 aromatic heterocycles. The van der Waals surface area contributed by atoms with Gasteiger partial charge in [-0.2, -0.15) is 0 Å². The van der Waals surface area contributed by atoms with Gasteiger partial charge in [0.15, 0.2) is 0 Å². The number of hydrogen-bond donors (Lipinski definition) is 2. The molecule has 1 fully saturated rings. The lowest BCUT2D eigenvalue weighted by Gasteiger charge is -2.29. The zero-order valence-electron chi connectivity index (χ0n) is 13.5. The minimum Gasteiger partial charge on any atom is -0.496 e. The lowest BCUT2D eigenvalue weighted by Crippen LogP contribution is -2.46. The van der Waals surface area contributed by atoms with Crippen molar-refractivity contribution in [3.8, 4) is 5.75 Å². The number of methoxy groups -OCH3 is 1. The molecule has 2 unspecified atom stereocenters. The van der Waals surface area contributed by atoms with E-state index in [9.17, 15) is 4.79 Å². The molecule has 4 nitrogen and oxygen atoms in total. The number of benzene rings is 1. The summed E-state index contributed by atoms with van der Waals surface area (Å²) in [5.74, 6) is 1.55. The van der Waals surface area contributed by atoms with Gasteiger partial charge in [-0.05, 0) is 50.8 Å². The topological polar surface area (TPSA) is 50.4 Å². The van der Waals surface area contributed by atoms with Crippen LogP contribution in [0.4, 0.5) is 5.69 Å². The molecule has 0 radical (unpaired) electrons. The molecule has 2 N–H and O–H groups in total. The highest BCUT2D eigenvalue weighted by Gasteiger charge is 2.26. The molecule has 1 aliphatic rings. The Kier molecular flexibility index (Phi) is 5.23. The summed E-state index contributed by atoms with van der Waals surface area (Å²) in [4.78, 5) is 12.5. The number of aryl methyl sites for hydroxylation is 1. The number of carbonyl (C=O) groups excluding carboxylic acids is 1. The average molecular weight is 290 g/mol. The number of anilines is 1. The largest absolute Gasteiger partial charge is 0.496 e. The van der Waals surface area contributed by atoms with Gasteiger partial charge in [0.1, 0.15) is 5.75 Å². The van der Waals surface area contributed by atoms with Gasteiger partial charge in [0.2, 0.25) is 5.91 Å². The van der Waals surface area contributed by atoms with Crippen molar-refractivity contribution < 1.29 is 9.53 Å². The Hall–Kier alpha value is -1.55. The van der Waals surface area contributed by atoms with Crippen molar-refractivity contribution in [3.63, 3.8) is 0 Å². The zero-order valence-corrected chi connectivity index (χ0v) is 13.5. The lowest BCUT2D eigenvalue weighted by atomic mass is 9.90.